The first kappa shape index (κ1) is 47.1. The van der Waals surface area contributed by atoms with Gasteiger partial charge in [0.15, 0.2) is 0 Å². The number of ether oxygens (including phenoxy) is 2. The van der Waals surface area contributed by atoms with Gasteiger partial charge in [0.05, 0.1) is 67.0 Å². The Bertz CT molecular complexity index is 2240. The summed E-state index contributed by atoms with van der Waals surface area (Å²) >= 11 is 1.56. The van der Waals surface area contributed by atoms with Crippen LogP contribution in [0.5, 0.6) is 0 Å². The Kier molecular flexibility index (Phi) is 16.3. The molecule has 0 aliphatic carbocycles. The smallest absolute Gasteiger partial charge is 0.264 e. The zero-order chi connectivity index (χ0) is 45.1. The summed E-state index contributed by atoms with van der Waals surface area (Å²) in [6.07, 6.45) is 3.10. The molecular weight excluding hydrogens is 835 g/mol. The highest BCUT2D eigenvalue weighted by Gasteiger charge is 2.44. The first-order chi connectivity index (χ1) is 30.2. The fourth-order valence-electron chi connectivity index (χ4n) is 7.47. The molecule has 63 heavy (non-hydrogen) atoms. The maximum absolute atomic E-state index is 13.9. The number of amides is 4. The number of rotatable bonds is 20. The van der Waals surface area contributed by atoms with Gasteiger partial charge in [0, 0.05) is 62.4 Å². The van der Waals surface area contributed by atoms with Crippen molar-refractivity contribution >= 4 is 46.9 Å². The predicted molar refractivity (Wildman–Crippen MR) is 235 cm³/mol. The molecule has 2 aliphatic heterocycles. The zero-order valence-corrected chi connectivity index (χ0v) is 36.9. The minimum atomic E-state index is -2.66. The van der Waals surface area contributed by atoms with Crippen molar-refractivity contribution in [2.45, 2.75) is 97.5 Å². The number of carbonyl (C=O) groups is 4. The standard InChI is InChI=1S/C45H56F2N8O7S/c1-28-40(63-27-51-28)30-9-7-29(8-10-30)23-50-43(59)37-21-33(56)26-55(37)44(60)41(45(2,3)4)53-39(58)12-17-62-19-18-61-16-11-38(57)49-14-15-54-25-32(24-52-54)34-20-31-6-5-13-48-36(31)22-35(34)42(46)47/h7-10,13,20,22,24-25,27,33,37,41-42,56H,5-6,11-12,14-19,21,23,26H2,1-4H3,(H,49,57)(H,50,59)(H,53,58)/t33-,37+,41-/m1/s1. The summed E-state index contributed by atoms with van der Waals surface area (Å²) in [6.45, 7) is 8.87. The van der Waals surface area contributed by atoms with Crippen LogP contribution in [0.25, 0.3) is 21.6 Å². The van der Waals surface area contributed by atoms with Gasteiger partial charge in [-0.15, -0.1) is 11.3 Å². The maximum atomic E-state index is 13.9. The van der Waals surface area contributed by atoms with Gasteiger partial charge in [-0.1, -0.05) is 45.0 Å². The highest BCUT2D eigenvalue weighted by molar-refractivity contribution is 7.13. The number of fused-ring (bicyclic) bond motifs is 1. The van der Waals surface area contributed by atoms with Crippen LogP contribution < -0.4 is 16.0 Å². The number of β-amino-alcohol motifs (C(OH)–C–C–N with tert-alkyl or cyclic N) is 1. The van der Waals surface area contributed by atoms with E-state index in [1.807, 2.05) is 52.0 Å². The number of aryl methyl sites for hydroxylation is 2. The third-order valence-corrected chi connectivity index (χ3v) is 11.9. The average Bonchev–Trinajstić information content (AvgIpc) is 4.02. The van der Waals surface area contributed by atoms with Gasteiger partial charge >= 0.3 is 0 Å². The maximum Gasteiger partial charge on any atom is 0.264 e. The quantitative estimate of drug-likeness (QED) is 0.0854. The highest BCUT2D eigenvalue weighted by atomic mass is 32.1. The number of thiazole rings is 1. The average molecular weight is 891 g/mol. The molecule has 6 rings (SSSR count). The highest BCUT2D eigenvalue weighted by Crippen LogP contribution is 2.38. The Morgan fingerprint density at radius 2 is 1.71 bits per heavy atom. The predicted octanol–water partition coefficient (Wildman–Crippen LogP) is 5.31. The molecule has 4 amide bonds. The fraction of sp³-hybridized carbons (Fsp3) is 0.489. The minimum absolute atomic E-state index is 0.0241. The van der Waals surface area contributed by atoms with Gasteiger partial charge in [-0.2, -0.15) is 5.10 Å². The molecular formula is C45H56F2N8O7S. The number of aliphatic hydroxyl groups excluding tert-OH is 1. The van der Waals surface area contributed by atoms with Crippen LogP contribution in [0.4, 0.5) is 14.5 Å². The normalized spacial score (nSPS) is 16.5. The van der Waals surface area contributed by atoms with Crippen LogP contribution in [-0.2, 0) is 48.2 Å². The van der Waals surface area contributed by atoms with Gasteiger partial charge in [0.25, 0.3) is 6.43 Å². The SMILES string of the molecule is Cc1ncsc1-c1ccc(CNC(=O)[C@@H]2C[C@@H](O)CN2C(=O)[C@@H](NC(=O)CCOCCOCCC(=O)NCCn2cc(-c3cc4c(cc3C(F)F)N=CCC4)cn2)C(C)(C)C)cc1. The molecule has 1 saturated heterocycles. The molecule has 2 aliphatic rings. The summed E-state index contributed by atoms with van der Waals surface area (Å²) in [5.41, 5.74) is 6.38. The van der Waals surface area contributed by atoms with E-state index < -0.39 is 41.8 Å². The minimum Gasteiger partial charge on any atom is -0.391 e. The van der Waals surface area contributed by atoms with Crippen LogP contribution in [0.15, 0.2) is 59.3 Å². The number of hydrogen-bond acceptors (Lipinski definition) is 11. The zero-order valence-electron chi connectivity index (χ0n) is 36.1. The van der Waals surface area contributed by atoms with E-state index in [1.54, 1.807) is 46.2 Å². The van der Waals surface area contributed by atoms with E-state index in [9.17, 15) is 33.1 Å². The van der Waals surface area contributed by atoms with Crippen molar-refractivity contribution in [3.05, 3.63) is 76.7 Å². The van der Waals surface area contributed by atoms with Crippen molar-refractivity contribution in [1.29, 1.82) is 0 Å². The lowest BCUT2D eigenvalue weighted by atomic mass is 9.85. The lowest BCUT2D eigenvalue weighted by Gasteiger charge is -2.35. The van der Waals surface area contributed by atoms with E-state index in [0.717, 1.165) is 40.1 Å². The molecule has 15 nitrogen and oxygen atoms in total. The Hall–Kier alpha value is -5.43. The van der Waals surface area contributed by atoms with Gasteiger partial charge < -0.3 is 35.4 Å². The summed E-state index contributed by atoms with van der Waals surface area (Å²) < 4.78 is 40.4. The first-order valence-corrected chi connectivity index (χ1v) is 22.0. The number of nitrogens with zero attached hydrogens (tertiary/aromatic N) is 5. The first-order valence-electron chi connectivity index (χ1n) is 21.2. The van der Waals surface area contributed by atoms with Crippen LogP contribution in [-0.4, -0.2) is 112 Å². The summed E-state index contributed by atoms with van der Waals surface area (Å²) in [5.74, 6) is -1.46. The number of aliphatic imine (C=N–C) groups is 1. The van der Waals surface area contributed by atoms with E-state index >= 15 is 0 Å². The molecule has 2 aromatic heterocycles. The van der Waals surface area contributed by atoms with Gasteiger partial charge in [0.2, 0.25) is 23.6 Å². The van der Waals surface area contributed by atoms with Crippen LogP contribution in [0.1, 0.15) is 75.3 Å². The van der Waals surface area contributed by atoms with Crippen molar-refractivity contribution < 1.29 is 42.5 Å². The largest absolute Gasteiger partial charge is 0.391 e. The number of nitrogens with one attached hydrogen (secondary N) is 3. The molecule has 0 bridgehead atoms. The Morgan fingerprint density at radius 1 is 0.984 bits per heavy atom. The van der Waals surface area contributed by atoms with Crippen LogP contribution in [0.3, 0.4) is 0 Å². The Labute approximate surface area is 369 Å². The second-order valence-electron chi connectivity index (χ2n) is 16.7. The number of aromatic nitrogens is 3. The number of benzene rings is 2. The van der Waals surface area contributed by atoms with Crippen molar-refractivity contribution in [1.82, 2.24) is 35.6 Å². The van der Waals surface area contributed by atoms with Gasteiger partial charge in [-0.3, -0.25) is 28.9 Å². The second kappa shape index (κ2) is 21.8. The van der Waals surface area contributed by atoms with Crippen molar-refractivity contribution in [2.24, 2.45) is 10.4 Å². The molecule has 0 saturated carbocycles. The molecule has 4 N–H and O–H groups in total. The molecule has 0 spiro atoms. The molecule has 0 unspecified atom stereocenters. The summed E-state index contributed by atoms with van der Waals surface area (Å²) in [5, 5.41) is 23.3. The second-order valence-corrected chi connectivity index (χ2v) is 17.6. The van der Waals surface area contributed by atoms with Gasteiger partial charge in [-0.25, -0.2) is 13.8 Å². The van der Waals surface area contributed by atoms with E-state index in [0.29, 0.717) is 23.4 Å². The van der Waals surface area contributed by atoms with Crippen molar-refractivity contribution in [3.63, 3.8) is 0 Å². The number of hydrogen-bond donors (Lipinski definition) is 4. The van der Waals surface area contributed by atoms with Gasteiger partial charge in [0.1, 0.15) is 12.1 Å². The van der Waals surface area contributed by atoms with Crippen molar-refractivity contribution in [2.75, 3.05) is 39.5 Å². The third-order valence-electron chi connectivity index (χ3n) is 10.9. The van der Waals surface area contributed by atoms with E-state index in [4.69, 9.17) is 9.47 Å². The number of likely N-dealkylation sites (tertiary alicyclic amines) is 1. The number of halogens is 2. The lowest BCUT2D eigenvalue weighted by Crippen LogP contribution is -2.57. The Morgan fingerprint density at radius 3 is 2.40 bits per heavy atom. The summed E-state index contributed by atoms with van der Waals surface area (Å²) in [7, 11) is 0. The number of alkyl halides is 2. The molecule has 4 aromatic rings. The van der Waals surface area contributed by atoms with Crippen LogP contribution in [0.2, 0.25) is 0 Å². The third kappa shape index (κ3) is 12.8. The van der Waals surface area contributed by atoms with Crippen LogP contribution >= 0.6 is 11.3 Å². The lowest BCUT2D eigenvalue weighted by molar-refractivity contribution is -0.144. The molecule has 2 aromatic carbocycles. The van der Waals surface area contributed by atoms with Crippen molar-refractivity contribution in [3.8, 4) is 21.6 Å². The monoisotopic (exact) mass is 890 g/mol. The number of carbonyl (C=O) groups excluding carboxylic acids is 4. The molecule has 0 radical (unpaired) electrons. The van der Waals surface area contributed by atoms with E-state index in [-0.39, 0.29) is 82.7 Å². The topological polar surface area (TPSA) is 189 Å². The summed E-state index contributed by atoms with van der Waals surface area (Å²) in [4.78, 5) is 63.7. The Balaban J connectivity index is 0.856. The molecule has 338 valence electrons. The van der Waals surface area contributed by atoms with E-state index in [2.05, 4.69) is 31.0 Å². The molecule has 3 atom stereocenters. The molecule has 4 heterocycles. The number of aliphatic hydroxyl groups is 1. The van der Waals surface area contributed by atoms with Crippen LogP contribution in [0, 0.1) is 12.3 Å². The van der Waals surface area contributed by atoms with E-state index in [1.165, 1.54) is 11.0 Å². The molecule has 18 heteroatoms. The van der Waals surface area contributed by atoms with Gasteiger partial charge in [-0.05, 0) is 59.6 Å². The summed E-state index contributed by atoms with van der Waals surface area (Å²) in [6, 6.07) is 9.18. The fourth-order valence-corrected chi connectivity index (χ4v) is 8.28. The molecule has 1 fully saturated rings.